The van der Waals surface area contributed by atoms with Gasteiger partial charge in [0.1, 0.15) is 0 Å². The summed E-state index contributed by atoms with van der Waals surface area (Å²) in [6, 6.07) is 0. The van der Waals surface area contributed by atoms with Gasteiger partial charge in [0, 0.05) is 6.42 Å². The summed E-state index contributed by atoms with van der Waals surface area (Å²) in [6.07, 6.45) is 0.915. The van der Waals surface area contributed by atoms with Crippen molar-refractivity contribution in [3.8, 4) is 0 Å². The van der Waals surface area contributed by atoms with Gasteiger partial charge in [0.05, 0.1) is 0 Å². The zero-order chi connectivity index (χ0) is 11.4. The molecule has 1 heterocycles. The molecule has 1 aliphatic heterocycles. The van der Waals surface area contributed by atoms with E-state index in [9.17, 15) is 14.0 Å². The first-order chi connectivity index (χ1) is 6.20. The van der Waals surface area contributed by atoms with E-state index >= 15 is 0 Å². The molecule has 4 heteroatoms. The van der Waals surface area contributed by atoms with Crippen LogP contribution in [0.5, 0.6) is 0 Å². The second kappa shape index (κ2) is 4.88. The Morgan fingerprint density at radius 1 is 1.29 bits per heavy atom. The fourth-order valence-corrected chi connectivity index (χ4v) is 0.512. The molecule has 0 aliphatic carbocycles. The fraction of sp³-hybridized carbons (Fsp3) is 0.600. The molecule has 0 aromatic carbocycles. The van der Waals surface area contributed by atoms with Crippen LogP contribution in [0.1, 0.15) is 34.1 Å². The van der Waals surface area contributed by atoms with E-state index in [1.54, 1.807) is 0 Å². The number of hydrogen-bond donors (Lipinski definition) is 1. The lowest BCUT2D eigenvalue weighted by Crippen LogP contribution is -2.33. The highest BCUT2D eigenvalue weighted by Gasteiger charge is 2.16. The summed E-state index contributed by atoms with van der Waals surface area (Å²) >= 11 is 0. The molecule has 0 unspecified atom stereocenters. The summed E-state index contributed by atoms with van der Waals surface area (Å²) in [5.74, 6) is -2.28. The molecule has 1 N–H and O–H groups in total. The van der Waals surface area contributed by atoms with E-state index < -0.39 is 17.6 Å². The predicted octanol–water partition coefficient (Wildman–Crippen LogP) is 1.94. The molecule has 0 fully saturated rings. The minimum atomic E-state index is -0.939. The van der Waals surface area contributed by atoms with Gasteiger partial charge in [-0.3, -0.25) is 14.9 Å². The molecule has 0 saturated heterocycles. The van der Waals surface area contributed by atoms with E-state index in [4.69, 9.17) is 0 Å². The molecular formula is C10H16FNO2. The van der Waals surface area contributed by atoms with Crippen molar-refractivity contribution in [2.75, 3.05) is 0 Å². The summed E-state index contributed by atoms with van der Waals surface area (Å²) in [5.41, 5.74) is 0.500. The number of imide groups is 1. The molecule has 0 atom stereocenters. The Balaban J connectivity index is 0.000000292. The van der Waals surface area contributed by atoms with Crippen LogP contribution in [0.4, 0.5) is 4.39 Å². The normalized spacial score (nSPS) is 16.5. The van der Waals surface area contributed by atoms with Gasteiger partial charge in [-0.2, -0.15) is 0 Å². The first-order valence-corrected chi connectivity index (χ1v) is 4.40. The molecule has 0 saturated carbocycles. The standard InChI is InChI=1S/C5H4FNO2.C5H12/c6-3-1-2-4(8)7-5(3)9;1-5(2,3)4/h1H,2H2,(H,7,8,9);1-4H3. The van der Waals surface area contributed by atoms with Gasteiger partial charge in [-0.15, -0.1) is 0 Å². The smallest absolute Gasteiger partial charge is 0.286 e. The van der Waals surface area contributed by atoms with Gasteiger partial charge in [-0.25, -0.2) is 4.39 Å². The van der Waals surface area contributed by atoms with Gasteiger partial charge in [0.25, 0.3) is 5.91 Å². The Kier molecular flexibility index (Phi) is 4.47. The highest BCUT2D eigenvalue weighted by molar-refractivity contribution is 6.06. The van der Waals surface area contributed by atoms with Crippen molar-refractivity contribution in [2.24, 2.45) is 5.41 Å². The quantitative estimate of drug-likeness (QED) is 0.609. The van der Waals surface area contributed by atoms with Crippen molar-refractivity contribution in [2.45, 2.75) is 34.1 Å². The molecule has 3 nitrogen and oxygen atoms in total. The van der Waals surface area contributed by atoms with Crippen LogP contribution in [0.3, 0.4) is 0 Å². The van der Waals surface area contributed by atoms with Crippen molar-refractivity contribution in [1.29, 1.82) is 0 Å². The molecule has 0 spiro atoms. The minimum absolute atomic E-state index is 0.0441. The third kappa shape index (κ3) is 7.46. The molecule has 0 aromatic heterocycles. The van der Waals surface area contributed by atoms with Crippen LogP contribution in [0.25, 0.3) is 0 Å². The Labute approximate surface area is 83.4 Å². The maximum absolute atomic E-state index is 12.0. The Bertz CT molecular complexity index is 258. The highest BCUT2D eigenvalue weighted by Crippen LogP contribution is 2.08. The van der Waals surface area contributed by atoms with E-state index in [1.165, 1.54) is 0 Å². The van der Waals surface area contributed by atoms with Gasteiger partial charge in [-0.05, 0) is 11.5 Å². The van der Waals surface area contributed by atoms with Gasteiger partial charge < -0.3 is 0 Å². The molecule has 0 aromatic rings. The van der Waals surface area contributed by atoms with Crippen LogP contribution in [0.15, 0.2) is 11.9 Å². The monoisotopic (exact) mass is 201 g/mol. The van der Waals surface area contributed by atoms with Gasteiger partial charge in [0.15, 0.2) is 5.83 Å². The molecular weight excluding hydrogens is 185 g/mol. The van der Waals surface area contributed by atoms with Crippen LogP contribution in [-0.2, 0) is 9.59 Å². The fourth-order valence-electron chi connectivity index (χ4n) is 0.512. The largest absolute Gasteiger partial charge is 0.290 e. The van der Waals surface area contributed by atoms with Crippen LogP contribution in [0, 0.1) is 5.41 Å². The van der Waals surface area contributed by atoms with E-state index in [0.29, 0.717) is 5.41 Å². The minimum Gasteiger partial charge on any atom is -0.290 e. The first kappa shape index (κ1) is 12.8. The van der Waals surface area contributed by atoms with E-state index in [0.717, 1.165) is 6.08 Å². The third-order valence-corrected chi connectivity index (χ3v) is 0.937. The van der Waals surface area contributed by atoms with E-state index in [-0.39, 0.29) is 6.42 Å². The van der Waals surface area contributed by atoms with Crippen molar-refractivity contribution in [3.05, 3.63) is 11.9 Å². The van der Waals surface area contributed by atoms with Crippen molar-refractivity contribution in [3.63, 3.8) is 0 Å². The molecule has 2 amide bonds. The number of halogens is 1. The van der Waals surface area contributed by atoms with Crippen LogP contribution in [0.2, 0.25) is 0 Å². The maximum Gasteiger partial charge on any atom is 0.286 e. The molecule has 80 valence electrons. The summed E-state index contributed by atoms with van der Waals surface area (Å²) < 4.78 is 12.0. The molecule has 0 bridgehead atoms. The average molecular weight is 201 g/mol. The van der Waals surface area contributed by atoms with Crippen LogP contribution < -0.4 is 5.32 Å². The summed E-state index contributed by atoms with van der Waals surface area (Å²) in [4.78, 5) is 20.5. The number of rotatable bonds is 0. The Morgan fingerprint density at radius 3 is 2.00 bits per heavy atom. The number of amides is 2. The zero-order valence-corrected chi connectivity index (χ0v) is 8.98. The first-order valence-electron chi connectivity index (χ1n) is 4.40. The van der Waals surface area contributed by atoms with Crippen LogP contribution in [-0.4, -0.2) is 11.8 Å². The number of carbonyl (C=O) groups excluding carboxylic acids is 2. The van der Waals surface area contributed by atoms with Crippen molar-refractivity contribution in [1.82, 2.24) is 5.32 Å². The number of nitrogens with one attached hydrogen (secondary N) is 1. The molecule has 1 aliphatic rings. The van der Waals surface area contributed by atoms with Gasteiger partial charge in [0.2, 0.25) is 5.91 Å². The van der Waals surface area contributed by atoms with Crippen molar-refractivity contribution < 1.29 is 14.0 Å². The zero-order valence-electron chi connectivity index (χ0n) is 8.98. The molecule has 0 radical (unpaired) electrons. The lowest BCUT2D eigenvalue weighted by molar-refractivity contribution is -0.129. The lowest BCUT2D eigenvalue weighted by Gasteiger charge is -2.05. The Morgan fingerprint density at radius 2 is 1.71 bits per heavy atom. The summed E-state index contributed by atoms with van der Waals surface area (Å²) in [5, 5.41) is 1.81. The number of hydrogen-bond acceptors (Lipinski definition) is 2. The Hall–Kier alpha value is -1.19. The second-order valence-corrected chi connectivity index (χ2v) is 4.63. The summed E-state index contributed by atoms with van der Waals surface area (Å²) in [6.45, 7) is 8.75. The number of carbonyl (C=O) groups is 2. The van der Waals surface area contributed by atoms with Crippen LogP contribution >= 0.6 is 0 Å². The molecule has 1 rings (SSSR count). The maximum atomic E-state index is 12.0. The van der Waals surface area contributed by atoms with E-state index in [1.807, 2.05) is 5.32 Å². The predicted molar refractivity (Wildman–Crippen MR) is 52.1 cm³/mol. The summed E-state index contributed by atoms with van der Waals surface area (Å²) in [7, 11) is 0. The van der Waals surface area contributed by atoms with Gasteiger partial charge >= 0.3 is 0 Å². The molecule has 14 heavy (non-hydrogen) atoms. The second-order valence-electron chi connectivity index (χ2n) is 4.63. The third-order valence-electron chi connectivity index (χ3n) is 0.937. The van der Waals surface area contributed by atoms with E-state index in [2.05, 4.69) is 27.7 Å². The topological polar surface area (TPSA) is 46.2 Å². The highest BCUT2D eigenvalue weighted by atomic mass is 19.1. The average Bonchev–Trinajstić information content (AvgIpc) is 1.94. The van der Waals surface area contributed by atoms with Crippen molar-refractivity contribution >= 4 is 11.8 Å². The lowest BCUT2D eigenvalue weighted by atomic mass is 10.0. The SMILES string of the molecule is CC(C)(C)C.O=C1CC=C(F)C(=O)N1. The van der Waals surface area contributed by atoms with Gasteiger partial charge in [-0.1, -0.05) is 27.7 Å².